The molecule has 0 saturated carbocycles. The fraction of sp³-hybridized carbons (Fsp3) is 0.167. The zero-order valence-electron chi connectivity index (χ0n) is 19.2. The van der Waals surface area contributed by atoms with Crippen LogP contribution in [0.3, 0.4) is 0 Å². The van der Waals surface area contributed by atoms with Gasteiger partial charge in [0.05, 0.1) is 24.5 Å². The van der Waals surface area contributed by atoms with Crippen LogP contribution in [0.15, 0.2) is 72.0 Å². The first kappa shape index (κ1) is 25.3. The second kappa shape index (κ2) is 9.51. The summed E-state index contributed by atoms with van der Waals surface area (Å²) in [5.41, 5.74) is 0.826. The molecule has 9 nitrogen and oxygen atoms in total. The van der Waals surface area contributed by atoms with Crippen molar-refractivity contribution < 1.29 is 30.7 Å². The van der Waals surface area contributed by atoms with Crippen LogP contribution in [0.5, 0.6) is 5.75 Å². The maximum Gasteiger partial charge on any atom is 0.573 e. The normalized spacial score (nSPS) is 15.7. The van der Waals surface area contributed by atoms with Gasteiger partial charge in [0.1, 0.15) is 34.0 Å². The predicted molar refractivity (Wildman–Crippen MR) is 123 cm³/mol. The highest BCUT2D eigenvalue weighted by molar-refractivity contribution is 7.89. The lowest BCUT2D eigenvalue weighted by Gasteiger charge is -2.29. The maximum absolute atomic E-state index is 14.2. The number of rotatable bonds is 5. The predicted octanol–water partition coefficient (Wildman–Crippen LogP) is 4.06. The molecule has 1 atom stereocenters. The number of nitriles is 1. The van der Waals surface area contributed by atoms with E-state index < -0.39 is 45.4 Å². The summed E-state index contributed by atoms with van der Waals surface area (Å²) < 4.78 is 87.9. The molecule has 14 heteroatoms. The van der Waals surface area contributed by atoms with Gasteiger partial charge in [0.25, 0.3) is 0 Å². The van der Waals surface area contributed by atoms with Crippen molar-refractivity contribution in [3.8, 4) is 17.6 Å². The van der Waals surface area contributed by atoms with Crippen molar-refractivity contribution in [2.24, 2.45) is 0 Å². The molecule has 0 unspecified atom stereocenters. The number of nitrogens with zero attached hydrogens (tertiary/aromatic N) is 6. The van der Waals surface area contributed by atoms with Crippen molar-refractivity contribution in [2.75, 3.05) is 0 Å². The van der Waals surface area contributed by atoms with Crippen LogP contribution in [0.1, 0.15) is 28.8 Å². The molecule has 38 heavy (non-hydrogen) atoms. The van der Waals surface area contributed by atoms with E-state index in [4.69, 9.17) is 0 Å². The third kappa shape index (κ3) is 4.69. The number of imidazole rings is 1. The van der Waals surface area contributed by atoms with Crippen molar-refractivity contribution in [3.05, 3.63) is 95.7 Å². The van der Waals surface area contributed by atoms with Crippen LogP contribution in [-0.2, 0) is 23.0 Å². The standard InChI is InChI=1S/C24H16F4N6O3S/c25-16-6-7-20(37-24(26,27)28)21(11-16)38(35,36)33-14-18-22(31-9-8-30-18)34-17(12-29)13-32-23(34)19(33)10-15-4-2-1-3-5-15/h1-9,11,13,19H,10,14H2/t19-/m1/s1. The summed E-state index contributed by atoms with van der Waals surface area (Å²) in [5.74, 6) is -1.95. The van der Waals surface area contributed by atoms with Crippen LogP contribution in [0.2, 0.25) is 0 Å². The largest absolute Gasteiger partial charge is 0.573 e. The average molecular weight is 544 g/mol. The van der Waals surface area contributed by atoms with Gasteiger partial charge in [-0.2, -0.15) is 9.57 Å². The second-order valence-corrected chi connectivity index (χ2v) is 10.0. The van der Waals surface area contributed by atoms with E-state index in [1.165, 1.54) is 23.2 Å². The zero-order chi connectivity index (χ0) is 27.1. The first-order valence-corrected chi connectivity index (χ1v) is 12.4. The lowest BCUT2D eigenvalue weighted by atomic mass is 10.1. The Hall–Kier alpha value is -4.35. The quantitative estimate of drug-likeness (QED) is 0.348. The first-order chi connectivity index (χ1) is 18.1. The summed E-state index contributed by atoms with van der Waals surface area (Å²) in [5, 5.41) is 9.70. The van der Waals surface area contributed by atoms with E-state index in [2.05, 4.69) is 19.7 Å². The van der Waals surface area contributed by atoms with Crippen molar-refractivity contribution in [2.45, 2.75) is 30.3 Å². The van der Waals surface area contributed by atoms with Crippen LogP contribution in [-0.4, -0.2) is 38.6 Å². The fourth-order valence-electron chi connectivity index (χ4n) is 4.25. The number of halogens is 4. The minimum atomic E-state index is -5.24. The molecule has 2 aromatic carbocycles. The van der Waals surface area contributed by atoms with Gasteiger partial charge in [-0.3, -0.25) is 9.55 Å². The Morgan fingerprint density at radius 2 is 1.82 bits per heavy atom. The molecule has 4 aromatic rings. The van der Waals surface area contributed by atoms with E-state index in [-0.39, 0.29) is 29.5 Å². The summed E-state index contributed by atoms with van der Waals surface area (Å²) in [6, 6.07) is 11.3. The third-order valence-electron chi connectivity index (χ3n) is 5.81. The molecule has 0 aliphatic carbocycles. The Bertz CT molecular complexity index is 1650. The van der Waals surface area contributed by atoms with Gasteiger partial charge in [-0.25, -0.2) is 22.8 Å². The molecule has 2 aromatic heterocycles. The Kier molecular flexibility index (Phi) is 6.33. The van der Waals surface area contributed by atoms with Crippen LogP contribution in [0, 0.1) is 17.1 Å². The topological polar surface area (TPSA) is 114 Å². The lowest BCUT2D eigenvalue weighted by Crippen LogP contribution is -2.36. The van der Waals surface area contributed by atoms with E-state index in [1.807, 2.05) is 6.07 Å². The van der Waals surface area contributed by atoms with Gasteiger partial charge in [-0.15, -0.1) is 13.2 Å². The van der Waals surface area contributed by atoms with Crippen LogP contribution in [0.4, 0.5) is 17.6 Å². The Balaban J connectivity index is 1.75. The molecule has 3 heterocycles. The zero-order valence-corrected chi connectivity index (χ0v) is 20.0. The van der Waals surface area contributed by atoms with Gasteiger partial charge >= 0.3 is 6.36 Å². The molecule has 0 fully saturated rings. The monoisotopic (exact) mass is 544 g/mol. The number of aromatic nitrogens is 4. The third-order valence-corrected chi connectivity index (χ3v) is 7.68. The van der Waals surface area contributed by atoms with Gasteiger partial charge in [0.2, 0.25) is 10.0 Å². The molecular formula is C24H16F4N6O3S. The Labute approximate surface area is 213 Å². The number of hydrogen-bond donors (Lipinski definition) is 0. The first-order valence-electron chi connectivity index (χ1n) is 11.0. The highest BCUT2D eigenvalue weighted by atomic mass is 32.2. The number of fused-ring (bicyclic) bond motifs is 3. The number of sulfonamides is 1. The Morgan fingerprint density at radius 3 is 2.53 bits per heavy atom. The number of hydrogen-bond acceptors (Lipinski definition) is 7. The summed E-state index contributed by atoms with van der Waals surface area (Å²) in [7, 11) is -4.90. The van der Waals surface area contributed by atoms with Crippen molar-refractivity contribution >= 4 is 10.0 Å². The average Bonchev–Trinajstić information content (AvgIpc) is 3.25. The van der Waals surface area contributed by atoms with E-state index in [0.29, 0.717) is 23.8 Å². The molecule has 0 N–H and O–H groups in total. The summed E-state index contributed by atoms with van der Waals surface area (Å²) in [6.45, 7) is -0.459. The molecule has 5 rings (SSSR count). The van der Waals surface area contributed by atoms with E-state index in [0.717, 1.165) is 4.31 Å². The van der Waals surface area contributed by atoms with Gasteiger partial charge in [-0.05, 0) is 30.2 Å². The molecule has 194 valence electrons. The molecule has 1 aliphatic rings. The lowest BCUT2D eigenvalue weighted by molar-refractivity contribution is -0.275. The van der Waals surface area contributed by atoms with Gasteiger partial charge in [0.15, 0.2) is 5.82 Å². The van der Waals surface area contributed by atoms with Gasteiger partial charge in [-0.1, -0.05) is 30.3 Å². The molecular weight excluding hydrogens is 528 g/mol. The summed E-state index contributed by atoms with van der Waals surface area (Å²) >= 11 is 0. The number of ether oxygens (including phenoxy) is 1. The van der Waals surface area contributed by atoms with Crippen molar-refractivity contribution in [1.82, 2.24) is 23.8 Å². The summed E-state index contributed by atoms with van der Waals surface area (Å²) in [4.78, 5) is 11.8. The van der Waals surface area contributed by atoms with E-state index in [9.17, 15) is 31.2 Å². The fourth-order valence-corrected chi connectivity index (χ4v) is 5.92. The second-order valence-electron chi connectivity index (χ2n) is 8.17. The molecule has 0 bridgehead atoms. The van der Waals surface area contributed by atoms with Crippen LogP contribution >= 0.6 is 0 Å². The highest BCUT2D eigenvalue weighted by Gasteiger charge is 2.42. The van der Waals surface area contributed by atoms with E-state index in [1.54, 1.807) is 30.3 Å². The SMILES string of the molecule is N#Cc1cnc2n1-c1nccnc1CN(S(=O)(=O)c1cc(F)ccc1OC(F)(F)F)[C@@H]2Cc1ccccc1. The van der Waals surface area contributed by atoms with Crippen molar-refractivity contribution in [3.63, 3.8) is 0 Å². The smallest absolute Gasteiger partial charge is 0.404 e. The van der Waals surface area contributed by atoms with Crippen LogP contribution in [0.25, 0.3) is 5.82 Å². The van der Waals surface area contributed by atoms with Crippen molar-refractivity contribution in [1.29, 1.82) is 5.26 Å². The minimum Gasteiger partial charge on any atom is -0.404 e. The van der Waals surface area contributed by atoms with E-state index >= 15 is 0 Å². The van der Waals surface area contributed by atoms with Gasteiger partial charge in [0, 0.05) is 12.4 Å². The number of alkyl halides is 3. The summed E-state index contributed by atoms with van der Waals surface area (Å²) in [6.07, 6.45) is -1.32. The Morgan fingerprint density at radius 1 is 1.08 bits per heavy atom. The van der Waals surface area contributed by atoms with Crippen LogP contribution < -0.4 is 4.74 Å². The minimum absolute atomic E-state index is 0.0146. The molecule has 1 aliphatic heterocycles. The molecule has 0 spiro atoms. The maximum atomic E-state index is 14.2. The molecule has 0 amide bonds. The highest BCUT2D eigenvalue weighted by Crippen LogP contribution is 2.40. The number of benzene rings is 2. The molecule has 0 saturated heterocycles. The van der Waals surface area contributed by atoms with Gasteiger partial charge < -0.3 is 4.74 Å². The molecule has 0 radical (unpaired) electrons.